The van der Waals surface area contributed by atoms with E-state index in [1.807, 2.05) is 19.1 Å². The van der Waals surface area contributed by atoms with Crippen LogP contribution in [-0.4, -0.2) is 12.0 Å². The van der Waals surface area contributed by atoms with Crippen molar-refractivity contribution in [3.8, 4) is 5.75 Å². The van der Waals surface area contributed by atoms with E-state index >= 15 is 0 Å². The fourth-order valence-corrected chi connectivity index (χ4v) is 3.26. The van der Waals surface area contributed by atoms with E-state index in [-0.39, 0.29) is 11.9 Å². The van der Waals surface area contributed by atoms with Crippen LogP contribution in [0.15, 0.2) is 42.5 Å². The van der Waals surface area contributed by atoms with Crippen molar-refractivity contribution in [1.82, 2.24) is 5.32 Å². The minimum Gasteiger partial charge on any atom is -0.481 e. The summed E-state index contributed by atoms with van der Waals surface area (Å²) >= 11 is 6.02. The minimum absolute atomic E-state index is 0.0699. The summed E-state index contributed by atoms with van der Waals surface area (Å²) in [5, 5.41) is 3.82. The lowest BCUT2D eigenvalue weighted by Crippen LogP contribution is -2.39. The predicted octanol–water partition coefficient (Wildman–Crippen LogP) is 4.61. The topological polar surface area (TPSA) is 38.3 Å². The molecule has 0 spiro atoms. The fourth-order valence-electron chi connectivity index (χ4n) is 3.14. The number of ether oxygens (including phenoxy) is 1. The lowest BCUT2D eigenvalue weighted by molar-refractivity contribution is -0.128. The van der Waals surface area contributed by atoms with Crippen LogP contribution in [0.5, 0.6) is 5.75 Å². The zero-order valence-corrected chi connectivity index (χ0v) is 14.8. The standard InChI is InChI=1S/C20H22ClNO2/c1-13-12-16(10-11-18(13)21)24-14(2)20(23)22-19-9-5-7-15-6-3-4-8-17(15)19/h3-4,6,8,10-12,14,19H,5,7,9H2,1-2H3,(H,22,23)/t14-,19-/m0/s1. The van der Waals surface area contributed by atoms with Crippen molar-refractivity contribution < 1.29 is 9.53 Å². The van der Waals surface area contributed by atoms with E-state index in [9.17, 15) is 4.79 Å². The number of hydrogen-bond acceptors (Lipinski definition) is 2. The van der Waals surface area contributed by atoms with Gasteiger partial charge in [-0.15, -0.1) is 0 Å². The van der Waals surface area contributed by atoms with Gasteiger partial charge in [0.1, 0.15) is 5.75 Å². The van der Waals surface area contributed by atoms with Gasteiger partial charge in [0, 0.05) is 5.02 Å². The first-order valence-corrected chi connectivity index (χ1v) is 8.73. The summed E-state index contributed by atoms with van der Waals surface area (Å²) in [6.07, 6.45) is 2.58. The number of fused-ring (bicyclic) bond motifs is 1. The lowest BCUT2D eigenvalue weighted by Gasteiger charge is -2.27. The van der Waals surface area contributed by atoms with Crippen molar-refractivity contribution in [2.24, 2.45) is 0 Å². The Labute approximate surface area is 148 Å². The van der Waals surface area contributed by atoms with Crippen LogP contribution in [0.2, 0.25) is 5.02 Å². The molecule has 0 bridgehead atoms. The van der Waals surface area contributed by atoms with E-state index in [1.54, 1.807) is 19.1 Å². The molecule has 1 aliphatic carbocycles. The van der Waals surface area contributed by atoms with Gasteiger partial charge >= 0.3 is 0 Å². The van der Waals surface area contributed by atoms with Crippen LogP contribution in [0.4, 0.5) is 0 Å². The van der Waals surface area contributed by atoms with Crippen LogP contribution >= 0.6 is 11.6 Å². The third kappa shape index (κ3) is 3.73. The molecule has 0 heterocycles. The van der Waals surface area contributed by atoms with Gasteiger partial charge in [-0.25, -0.2) is 0 Å². The van der Waals surface area contributed by atoms with Gasteiger partial charge < -0.3 is 10.1 Å². The maximum atomic E-state index is 12.5. The van der Waals surface area contributed by atoms with Gasteiger partial charge in [0.05, 0.1) is 6.04 Å². The van der Waals surface area contributed by atoms with E-state index in [1.165, 1.54) is 11.1 Å². The van der Waals surface area contributed by atoms with Crippen molar-refractivity contribution in [2.75, 3.05) is 0 Å². The molecule has 1 amide bonds. The van der Waals surface area contributed by atoms with E-state index in [4.69, 9.17) is 16.3 Å². The molecule has 2 aromatic carbocycles. The van der Waals surface area contributed by atoms with E-state index < -0.39 is 6.10 Å². The lowest BCUT2D eigenvalue weighted by atomic mass is 9.87. The highest BCUT2D eigenvalue weighted by Gasteiger charge is 2.24. The number of carbonyl (C=O) groups is 1. The average molecular weight is 344 g/mol. The molecule has 0 fully saturated rings. The largest absolute Gasteiger partial charge is 0.481 e. The van der Waals surface area contributed by atoms with Crippen molar-refractivity contribution in [2.45, 2.75) is 45.3 Å². The molecular weight excluding hydrogens is 322 g/mol. The monoisotopic (exact) mass is 343 g/mol. The van der Waals surface area contributed by atoms with E-state index in [2.05, 4.69) is 23.5 Å². The molecule has 3 rings (SSSR count). The summed E-state index contributed by atoms with van der Waals surface area (Å²) in [6, 6.07) is 13.8. The Balaban J connectivity index is 1.65. The highest BCUT2D eigenvalue weighted by atomic mass is 35.5. The molecular formula is C20H22ClNO2. The Morgan fingerprint density at radius 3 is 2.88 bits per heavy atom. The van der Waals surface area contributed by atoms with Crippen LogP contribution in [0, 0.1) is 6.92 Å². The molecule has 126 valence electrons. The van der Waals surface area contributed by atoms with Crippen LogP contribution in [-0.2, 0) is 11.2 Å². The molecule has 1 N–H and O–H groups in total. The molecule has 0 saturated heterocycles. The molecule has 0 aromatic heterocycles. The number of aryl methyl sites for hydroxylation is 2. The number of hydrogen-bond donors (Lipinski definition) is 1. The first kappa shape index (κ1) is 16.8. The molecule has 0 radical (unpaired) electrons. The normalized spacial score (nSPS) is 17.7. The molecule has 0 aliphatic heterocycles. The van der Waals surface area contributed by atoms with Gasteiger partial charge in [0.15, 0.2) is 6.10 Å². The molecule has 0 unspecified atom stereocenters. The molecule has 3 nitrogen and oxygen atoms in total. The van der Waals surface area contributed by atoms with Crippen LogP contribution in [0.25, 0.3) is 0 Å². The summed E-state index contributed by atoms with van der Waals surface area (Å²) in [4.78, 5) is 12.5. The smallest absolute Gasteiger partial charge is 0.261 e. The average Bonchev–Trinajstić information content (AvgIpc) is 2.58. The maximum Gasteiger partial charge on any atom is 0.261 e. The second-order valence-corrected chi connectivity index (χ2v) is 6.73. The number of halogens is 1. The molecule has 4 heteroatoms. The molecule has 1 aliphatic rings. The quantitative estimate of drug-likeness (QED) is 0.880. The first-order valence-electron chi connectivity index (χ1n) is 8.35. The Morgan fingerprint density at radius 1 is 1.29 bits per heavy atom. The van der Waals surface area contributed by atoms with Crippen LogP contribution < -0.4 is 10.1 Å². The van der Waals surface area contributed by atoms with Crippen molar-refractivity contribution in [3.63, 3.8) is 0 Å². The molecule has 2 atom stereocenters. The van der Waals surface area contributed by atoms with Gasteiger partial charge in [0.2, 0.25) is 0 Å². The predicted molar refractivity (Wildman–Crippen MR) is 96.5 cm³/mol. The molecule has 0 saturated carbocycles. The van der Waals surface area contributed by atoms with E-state index in [0.717, 1.165) is 24.8 Å². The Kier molecular flexibility index (Phi) is 5.10. The summed E-state index contributed by atoms with van der Waals surface area (Å²) in [6.45, 7) is 3.69. The Hall–Kier alpha value is -2.00. The van der Waals surface area contributed by atoms with Crippen molar-refractivity contribution >= 4 is 17.5 Å². The second-order valence-electron chi connectivity index (χ2n) is 6.32. The zero-order chi connectivity index (χ0) is 17.1. The third-order valence-electron chi connectivity index (χ3n) is 4.50. The van der Waals surface area contributed by atoms with Crippen LogP contribution in [0.3, 0.4) is 0 Å². The summed E-state index contributed by atoms with van der Waals surface area (Å²) in [5.74, 6) is 0.563. The summed E-state index contributed by atoms with van der Waals surface area (Å²) in [7, 11) is 0. The SMILES string of the molecule is Cc1cc(O[C@@H](C)C(=O)N[C@H]2CCCc3ccccc32)ccc1Cl. The zero-order valence-electron chi connectivity index (χ0n) is 14.0. The number of benzene rings is 2. The second kappa shape index (κ2) is 7.27. The van der Waals surface area contributed by atoms with Gasteiger partial charge in [-0.1, -0.05) is 35.9 Å². The van der Waals surface area contributed by atoms with Crippen molar-refractivity contribution in [3.05, 3.63) is 64.2 Å². The first-order chi connectivity index (χ1) is 11.5. The van der Waals surface area contributed by atoms with Gasteiger partial charge in [0.25, 0.3) is 5.91 Å². The van der Waals surface area contributed by atoms with E-state index in [0.29, 0.717) is 10.8 Å². The van der Waals surface area contributed by atoms with Gasteiger partial charge in [-0.3, -0.25) is 4.79 Å². The third-order valence-corrected chi connectivity index (χ3v) is 4.92. The van der Waals surface area contributed by atoms with Crippen molar-refractivity contribution in [1.29, 1.82) is 0 Å². The highest BCUT2D eigenvalue weighted by Crippen LogP contribution is 2.29. The summed E-state index contributed by atoms with van der Waals surface area (Å²) < 4.78 is 5.77. The maximum absolute atomic E-state index is 12.5. The van der Waals surface area contributed by atoms with Gasteiger partial charge in [-0.05, 0) is 68.0 Å². The summed E-state index contributed by atoms with van der Waals surface area (Å²) in [5.41, 5.74) is 3.49. The van der Waals surface area contributed by atoms with Gasteiger partial charge in [-0.2, -0.15) is 0 Å². The Bertz CT molecular complexity index is 744. The minimum atomic E-state index is -0.556. The number of rotatable bonds is 4. The number of amides is 1. The van der Waals surface area contributed by atoms with Crippen LogP contribution in [0.1, 0.15) is 42.5 Å². The molecule has 2 aromatic rings. The fraction of sp³-hybridized carbons (Fsp3) is 0.350. The number of nitrogens with one attached hydrogen (secondary N) is 1. The number of carbonyl (C=O) groups excluding carboxylic acids is 1. The highest BCUT2D eigenvalue weighted by molar-refractivity contribution is 6.31. The Morgan fingerprint density at radius 2 is 2.08 bits per heavy atom. The molecule has 24 heavy (non-hydrogen) atoms.